The number of hydrogen-bond donors (Lipinski definition) is 4. The second-order valence-electron chi connectivity index (χ2n) is 3.61. The molecule has 0 aliphatic heterocycles. The highest BCUT2D eigenvalue weighted by atomic mass is 16.3. The van der Waals surface area contributed by atoms with Gasteiger partial charge in [-0.3, -0.25) is 0 Å². The fourth-order valence-corrected chi connectivity index (χ4v) is 1.82. The summed E-state index contributed by atoms with van der Waals surface area (Å²) < 4.78 is 0. The molecule has 0 aliphatic rings. The molecule has 1 heterocycles. The van der Waals surface area contributed by atoms with Gasteiger partial charge in [0.15, 0.2) is 0 Å². The van der Waals surface area contributed by atoms with Crippen LogP contribution in [0.1, 0.15) is 23.2 Å². The molecular weight excluding hydrogens is 192 g/mol. The highest BCUT2D eigenvalue weighted by Crippen LogP contribution is 2.17. The van der Waals surface area contributed by atoms with Crippen LogP contribution in [0.5, 0.6) is 0 Å². The van der Waals surface area contributed by atoms with E-state index >= 15 is 0 Å². The first kappa shape index (κ1) is 12.2. The van der Waals surface area contributed by atoms with E-state index in [1.54, 1.807) is 0 Å². The van der Waals surface area contributed by atoms with Gasteiger partial charge in [0, 0.05) is 31.5 Å². The Balaban J connectivity index is 2.75. The largest absolute Gasteiger partial charge is 0.396 e. The number of nitrogens with one attached hydrogen (secondary N) is 1. The van der Waals surface area contributed by atoms with E-state index in [0.717, 1.165) is 24.1 Å². The first-order chi connectivity index (χ1) is 7.33. The monoisotopic (exact) mass is 212 g/mol. The van der Waals surface area contributed by atoms with Gasteiger partial charge in [0.2, 0.25) is 0 Å². The van der Waals surface area contributed by atoms with Gasteiger partial charge < -0.3 is 20.9 Å². The molecule has 1 aromatic heterocycles. The van der Waals surface area contributed by atoms with Gasteiger partial charge >= 0.3 is 0 Å². The molecule has 4 nitrogen and oxygen atoms in total. The lowest BCUT2D eigenvalue weighted by molar-refractivity contribution is 0.292. The number of aliphatic hydroxyl groups excluding tert-OH is 2. The molecule has 0 amide bonds. The average molecular weight is 212 g/mol. The van der Waals surface area contributed by atoms with Gasteiger partial charge in [0.25, 0.3) is 0 Å². The third-order valence-corrected chi connectivity index (χ3v) is 2.55. The van der Waals surface area contributed by atoms with Crippen molar-refractivity contribution >= 4 is 0 Å². The lowest BCUT2D eigenvalue weighted by Gasteiger charge is -2.04. The van der Waals surface area contributed by atoms with E-state index in [0.29, 0.717) is 19.4 Å². The molecule has 0 saturated carbocycles. The van der Waals surface area contributed by atoms with Gasteiger partial charge in [0.05, 0.1) is 0 Å². The summed E-state index contributed by atoms with van der Waals surface area (Å²) in [6.45, 7) is 0.959. The van der Waals surface area contributed by atoms with Gasteiger partial charge in [-0.25, -0.2) is 0 Å². The maximum atomic E-state index is 8.98. The van der Waals surface area contributed by atoms with Crippen molar-refractivity contribution in [3.63, 3.8) is 0 Å². The summed E-state index contributed by atoms with van der Waals surface area (Å²) in [6, 6.07) is 0. The molecular formula is C11H20N2O2. The average Bonchev–Trinajstić information content (AvgIpc) is 2.60. The van der Waals surface area contributed by atoms with E-state index < -0.39 is 0 Å². The third kappa shape index (κ3) is 3.34. The summed E-state index contributed by atoms with van der Waals surface area (Å²) in [5, 5.41) is 17.9. The zero-order valence-corrected chi connectivity index (χ0v) is 9.00. The van der Waals surface area contributed by atoms with Crippen LogP contribution in [0.15, 0.2) is 6.20 Å². The van der Waals surface area contributed by atoms with E-state index in [4.69, 9.17) is 15.9 Å². The molecule has 86 valence electrons. The second kappa shape index (κ2) is 6.61. The van der Waals surface area contributed by atoms with Crippen molar-refractivity contribution in [2.24, 2.45) is 5.73 Å². The van der Waals surface area contributed by atoms with Crippen LogP contribution >= 0.6 is 0 Å². The van der Waals surface area contributed by atoms with Crippen molar-refractivity contribution in [1.29, 1.82) is 0 Å². The molecule has 1 rings (SSSR count). The van der Waals surface area contributed by atoms with Crippen molar-refractivity contribution in [1.82, 2.24) is 4.98 Å². The van der Waals surface area contributed by atoms with Crippen LogP contribution in [0.4, 0.5) is 0 Å². The Morgan fingerprint density at radius 3 is 2.47 bits per heavy atom. The van der Waals surface area contributed by atoms with E-state index in [9.17, 15) is 0 Å². The van der Waals surface area contributed by atoms with E-state index in [-0.39, 0.29) is 13.2 Å². The molecule has 0 aromatic carbocycles. The van der Waals surface area contributed by atoms with Gasteiger partial charge in [-0.2, -0.15) is 0 Å². The molecule has 0 bridgehead atoms. The molecule has 0 unspecified atom stereocenters. The Morgan fingerprint density at radius 2 is 1.87 bits per heavy atom. The Morgan fingerprint density at radius 1 is 1.13 bits per heavy atom. The topological polar surface area (TPSA) is 82.3 Å². The molecule has 0 spiro atoms. The molecule has 4 heteroatoms. The first-order valence-corrected chi connectivity index (χ1v) is 5.43. The van der Waals surface area contributed by atoms with Crippen LogP contribution in [-0.4, -0.2) is 35.0 Å². The molecule has 0 aliphatic carbocycles. The van der Waals surface area contributed by atoms with Gasteiger partial charge in [-0.05, 0) is 36.9 Å². The van der Waals surface area contributed by atoms with Crippen LogP contribution in [0.3, 0.4) is 0 Å². The summed E-state index contributed by atoms with van der Waals surface area (Å²) in [7, 11) is 0. The van der Waals surface area contributed by atoms with Crippen LogP contribution in [0.25, 0.3) is 0 Å². The number of aromatic nitrogens is 1. The normalized spacial score (nSPS) is 10.9. The summed E-state index contributed by atoms with van der Waals surface area (Å²) >= 11 is 0. The standard InChI is InChI=1S/C11H20N2O2/c12-5-1-2-9-8-13-11(4-7-15)10(9)3-6-14/h8,13-15H,1-7,12H2. The Bertz CT molecular complexity index is 284. The summed E-state index contributed by atoms with van der Waals surface area (Å²) in [4.78, 5) is 3.16. The predicted molar refractivity (Wildman–Crippen MR) is 59.7 cm³/mol. The van der Waals surface area contributed by atoms with Crippen LogP contribution < -0.4 is 5.73 Å². The first-order valence-electron chi connectivity index (χ1n) is 5.43. The summed E-state index contributed by atoms with van der Waals surface area (Å²) in [6.07, 6.45) is 5.13. The van der Waals surface area contributed by atoms with Crippen molar-refractivity contribution < 1.29 is 10.2 Å². The van der Waals surface area contributed by atoms with Crippen LogP contribution in [0, 0.1) is 0 Å². The number of H-pyrrole nitrogens is 1. The fraction of sp³-hybridized carbons (Fsp3) is 0.636. The minimum absolute atomic E-state index is 0.134. The quantitative estimate of drug-likeness (QED) is 0.512. The number of aliphatic hydroxyl groups is 2. The maximum absolute atomic E-state index is 8.98. The van der Waals surface area contributed by atoms with Gasteiger partial charge in [-0.1, -0.05) is 0 Å². The SMILES string of the molecule is NCCCc1c[nH]c(CCO)c1CCO. The highest BCUT2D eigenvalue weighted by Gasteiger charge is 2.09. The lowest BCUT2D eigenvalue weighted by atomic mass is 10.0. The van der Waals surface area contributed by atoms with Crippen molar-refractivity contribution in [3.8, 4) is 0 Å². The lowest BCUT2D eigenvalue weighted by Crippen LogP contribution is -2.04. The van der Waals surface area contributed by atoms with Gasteiger partial charge in [-0.15, -0.1) is 0 Å². The molecule has 1 aromatic rings. The summed E-state index contributed by atoms with van der Waals surface area (Å²) in [5.74, 6) is 0. The molecule has 5 N–H and O–H groups in total. The minimum atomic E-state index is 0.134. The fourth-order valence-electron chi connectivity index (χ4n) is 1.82. The minimum Gasteiger partial charge on any atom is -0.396 e. The molecule has 0 fully saturated rings. The molecule has 0 saturated heterocycles. The second-order valence-corrected chi connectivity index (χ2v) is 3.61. The van der Waals surface area contributed by atoms with E-state index in [2.05, 4.69) is 4.98 Å². The number of aryl methyl sites for hydroxylation is 1. The predicted octanol–water partition coefficient (Wildman–Crippen LogP) is -0.0244. The number of nitrogens with two attached hydrogens (primary N) is 1. The number of aromatic amines is 1. The highest BCUT2D eigenvalue weighted by molar-refractivity contribution is 5.31. The van der Waals surface area contributed by atoms with E-state index in [1.807, 2.05) is 6.20 Å². The zero-order valence-electron chi connectivity index (χ0n) is 9.00. The Kier molecular flexibility index (Phi) is 5.39. The van der Waals surface area contributed by atoms with Crippen LogP contribution in [0.2, 0.25) is 0 Å². The summed E-state index contributed by atoms with van der Waals surface area (Å²) in [5.41, 5.74) is 8.88. The van der Waals surface area contributed by atoms with Crippen molar-refractivity contribution in [2.45, 2.75) is 25.7 Å². The molecule has 0 atom stereocenters. The Labute approximate surface area is 90.1 Å². The van der Waals surface area contributed by atoms with Crippen molar-refractivity contribution in [3.05, 3.63) is 23.0 Å². The van der Waals surface area contributed by atoms with Crippen molar-refractivity contribution in [2.75, 3.05) is 19.8 Å². The molecule has 15 heavy (non-hydrogen) atoms. The number of rotatable bonds is 7. The zero-order chi connectivity index (χ0) is 11.1. The Hall–Kier alpha value is -0.840. The maximum Gasteiger partial charge on any atom is 0.0485 e. The third-order valence-electron chi connectivity index (χ3n) is 2.55. The smallest absolute Gasteiger partial charge is 0.0485 e. The van der Waals surface area contributed by atoms with Crippen LogP contribution in [-0.2, 0) is 19.3 Å². The number of hydrogen-bond acceptors (Lipinski definition) is 3. The van der Waals surface area contributed by atoms with Gasteiger partial charge in [0.1, 0.15) is 0 Å². The van der Waals surface area contributed by atoms with E-state index in [1.165, 1.54) is 5.56 Å². The molecule has 0 radical (unpaired) electrons.